The number of hydrogen-bond acceptors (Lipinski definition) is 7. The van der Waals surface area contributed by atoms with E-state index in [0.717, 1.165) is 0 Å². The van der Waals surface area contributed by atoms with Crippen LogP contribution < -0.4 is 10.8 Å². The molecule has 182 valence electrons. The van der Waals surface area contributed by atoms with E-state index in [4.69, 9.17) is 14.7 Å². The molecule has 0 spiro atoms. The smallest absolute Gasteiger partial charge is 0.412 e. The van der Waals surface area contributed by atoms with Crippen molar-refractivity contribution in [3.8, 4) is 5.75 Å². The molecule has 4 N–H and O–H groups in total. The van der Waals surface area contributed by atoms with Crippen LogP contribution in [0.15, 0.2) is 59.1 Å². The van der Waals surface area contributed by atoms with E-state index in [1.54, 1.807) is 49.4 Å². The zero-order valence-corrected chi connectivity index (χ0v) is 20.4. The van der Waals surface area contributed by atoms with E-state index < -0.39 is 24.2 Å². The Morgan fingerprint density at radius 3 is 2.47 bits per heavy atom. The SMILES string of the molecule is CCO[C@@H](CC/C=C/C(=O)NO)[C@@H](OC(=O)Nc1ccc(C(C)=O)cc1)c1cc(Br)ccc1O. The molecule has 2 atom stereocenters. The predicted octanol–water partition coefficient (Wildman–Crippen LogP) is 4.89. The average Bonchev–Trinajstić information content (AvgIpc) is 2.81. The number of allylic oxidation sites excluding steroid dienone is 1. The summed E-state index contributed by atoms with van der Waals surface area (Å²) in [4.78, 5) is 35.4. The van der Waals surface area contributed by atoms with E-state index in [1.165, 1.54) is 24.5 Å². The number of phenolic OH excluding ortho intramolecular Hbond substituents is 1. The second-order valence-corrected chi connectivity index (χ2v) is 8.15. The third-order valence-electron chi connectivity index (χ3n) is 4.78. The first kappa shape index (κ1) is 27.0. The van der Waals surface area contributed by atoms with Crippen LogP contribution in [0.1, 0.15) is 48.7 Å². The van der Waals surface area contributed by atoms with E-state index in [1.807, 2.05) is 0 Å². The maximum atomic E-state index is 12.7. The number of phenols is 1. The number of halogens is 1. The molecule has 0 saturated carbocycles. The van der Waals surface area contributed by atoms with Gasteiger partial charge in [-0.25, -0.2) is 10.3 Å². The van der Waals surface area contributed by atoms with Crippen molar-refractivity contribution in [2.24, 2.45) is 0 Å². The molecule has 34 heavy (non-hydrogen) atoms. The van der Waals surface area contributed by atoms with E-state index >= 15 is 0 Å². The van der Waals surface area contributed by atoms with Gasteiger partial charge in [0, 0.05) is 34.0 Å². The van der Waals surface area contributed by atoms with Gasteiger partial charge in [-0.15, -0.1) is 0 Å². The first-order chi connectivity index (χ1) is 16.2. The molecule has 0 fully saturated rings. The molecular weight excluding hydrogens is 508 g/mol. The lowest BCUT2D eigenvalue weighted by atomic mass is 9.99. The van der Waals surface area contributed by atoms with Crippen molar-refractivity contribution in [3.63, 3.8) is 0 Å². The monoisotopic (exact) mass is 534 g/mol. The summed E-state index contributed by atoms with van der Waals surface area (Å²) in [5.41, 5.74) is 2.79. The highest BCUT2D eigenvalue weighted by Crippen LogP contribution is 2.35. The molecule has 0 bridgehead atoms. The first-order valence-electron chi connectivity index (χ1n) is 10.5. The zero-order valence-electron chi connectivity index (χ0n) is 18.8. The van der Waals surface area contributed by atoms with Gasteiger partial charge in [0.25, 0.3) is 5.91 Å². The van der Waals surface area contributed by atoms with Gasteiger partial charge in [0.15, 0.2) is 11.9 Å². The average molecular weight is 535 g/mol. The van der Waals surface area contributed by atoms with Crippen LogP contribution >= 0.6 is 15.9 Å². The van der Waals surface area contributed by atoms with E-state index in [9.17, 15) is 19.5 Å². The Labute approximate surface area is 205 Å². The number of carbonyl (C=O) groups is 3. The van der Waals surface area contributed by atoms with E-state index in [-0.39, 0.29) is 11.5 Å². The number of aromatic hydroxyl groups is 1. The van der Waals surface area contributed by atoms with Gasteiger partial charge in [0.2, 0.25) is 0 Å². The maximum Gasteiger partial charge on any atom is 0.412 e. The summed E-state index contributed by atoms with van der Waals surface area (Å²) in [5, 5.41) is 21.7. The number of hydrogen-bond donors (Lipinski definition) is 4. The van der Waals surface area contributed by atoms with Gasteiger partial charge in [-0.2, -0.15) is 0 Å². The number of Topliss-reactive ketones (excluding diaryl/α,β-unsaturated/α-hetero) is 1. The fourth-order valence-electron chi connectivity index (χ4n) is 3.17. The van der Waals surface area contributed by atoms with Gasteiger partial charge in [-0.1, -0.05) is 22.0 Å². The van der Waals surface area contributed by atoms with Crippen LogP contribution in [0, 0.1) is 0 Å². The van der Waals surface area contributed by atoms with Crippen molar-refractivity contribution in [1.29, 1.82) is 0 Å². The summed E-state index contributed by atoms with van der Waals surface area (Å²) in [7, 11) is 0. The fraction of sp³-hybridized carbons (Fsp3) is 0.292. The van der Waals surface area contributed by atoms with Crippen molar-refractivity contribution >= 4 is 39.4 Å². The largest absolute Gasteiger partial charge is 0.508 e. The first-order valence-corrected chi connectivity index (χ1v) is 11.3. The van der Waals surface area contributed by atoms with Crippen molar-refractivity contribution in [2.75, 3.05) is 11.9 Å². The molecule has 0 aliphatic rings. The molecule has 10 heteroatoms. The Morgan fingerprint density at radius 1 is 1.15 bits per heavy atom. The fourth-order valence-corrected chi connectivity index (χ4v) is 3.55. The number of anilines is 1. The molecule has 0 unspecified atom stereocenters. The number of ketones is 1. The highest BCUT2D eigenvalue weighted by atomic mass is 79.9. The van der Waals surface area contributed by atoms with Crippen LogP contribution in [-0.2, 0) is 14.3 Å². The second kappa shape index (κ2) is 13.5. The number of rotatable bonds is 11. The van der Waals surface area contributed by atoms with Crippen LogP contribution in [0.2, 0.25) is 0 Å². The van der Waals surface area contributed by atoms with Gasteiger partial charge in [0.1, 0.15) is 5.75 Å². The molecule has 0 aliphatic heterocycles. The Hall–Kier alpha value is -3.21. The summed E-state index contributed by atoms with van der Waals surface area (Å²) in [6, 6.07) is 11.1. The van der Waals surface area contributed by atoms with E-state index in [2.05, 4.69) is 21.2 Å². The third kappa shape index (κ3) is 8.29. The van der Waals surface area contributed by atoms with Crippen LogP contribution in [-0.4, -0.2) is 40.8 Å². The Balaban J connectivity index is 2.25. The summed E-state index contributed by atoms with van der Waals surface area (Å²) in [6.07, 6.45) is 1.03. The molecule has 0 radical (unpaired) electrons. The van der Waals surface area contributed by atoms with Crippen molar-refractivity contribution in [2.45, 2.75) is 38.9 Å². The zero-order chi connectivity index (χ0) is 25.1. The summed E-state index contributed by atoms with van der Waals surface area (Å²) in [6.45, 7) is 3.55. The lowest BCUT2D eigenvalue weighted by molar-refractivity contribution is -0.124. The van der Waals surface area contributed by atoms with E-state index in [0.29, 0.717) is 40.7 Å². The van der Waals surface area contributed by atoms with Crippen LogP contribution in [0.3, 0.4) is 0 Å². The van der Waals surface area contributed by atoms with Crippen LogP contribution in [0.5, 0.6) is 5.75 Å². The van der Waals surface area contributed by atoms with Gasteiger partial charge < -0.3 is 14.6 Å². The van der Waals surface area contributed by atoms with Gasteiger partial charge >= 0.3 is 6.09 Å². The van der Waals surface area contributed by atoms with Crippen LogP contribution in [0.25, 0.3) is 0 Å². The predicted molar refractivity (Wildman–Crippen MR) is 129 cm³/mol. The molecule has 2 amide bonds. The number of ether oxygens (including phenoxy) is 2. The highest BCUT2D eigenvalue weighted by molar-refractivity contribution is 9.10. The Morgan fingerprint density at radius 2 is 1.85 bits per heavy atom. The second-order valence-electron chi connectivity index (χ2n) is 7.24. The van der Waals surface area contributed by atoms with Crippen molar-refractivity contribution in [1.82, 2.24) is 5.48 Å². The molecule has 2 aromatic rings. The van der Waals surface area contributed by atoms with Crippen LogP contribution in [0.4, 0.5) is 10.5 Å². The Bertz CT molecular complexity index is 1020. The minimum absolute atomic E-state index is 0.0771. The third-order valence-corrected chi connectivity index (χ3v) is 5.28. The molecule has 0 aliphatic carbocycles. The Kier molecular flexibility index (Phi) is 10.7. The molecule has 2 rings (SSSR count). The molecule has 0 aromatic heterocycles. The van der Waals surface area contributed by atoms with Crippen molar-refractivity contribution in [3.05, 3.63) is 70.2 Å². The number of carbonyl (C=O) groups excluding carboxylic acids is 3. The number of amides is 2. The number of benzene rings is 2. The summed E-state index contributed by atoms with van der Waals surface area (Å²) < 4.78 is 12.2. The maximum absolute atomic E-state index is 12.7. The number of hydroxylamine groups is 1. The van der Waals surface area contributed by atoms with Crippen molar-refractivity contribution < 1.29 is 34.2 Å². The topological polar surface area (TPSA) is 134 Å². The normalized spacial score (nSPS) is 12.7. The van der Waals surface area contributed by atoms with Gasteiger partial charge in [0.05, 0.1) is 6.10 Å². The minimum Gasteiger partial charge on any atom is -0.508 e. The standard InChI is InChI=1S/C24H27BrN2O7/c1-3-33-21(6-4-5-7-22(30)27-32)23(19-14-17(25)10-13-20(19)29)34-24(31)26-18-11-8-16(9-12-18)15(2)28/h5,7-14,21,23,29,32H,3-4,6H2,1-2H3,(H,26,31)(H,27,30)/b7-5+/t21-,23-/m0/s1. The summed E-state index contributed by atoms with van der Waals surface area (Å²) in [5.74, 6) is -0.836. The minimum atomic E-state index is -0.978. The molecular formula is C24H27BrN2O7. The van der Waals surface area contributed by atoms with Gasteiger partial charge in [-0.3, -0.25) is 20.1 Å². The highest BCUT2D eigenvalue weighted by Gasteiger charge is 2.30. The number of nitrogens with one attached hydrogen (secondary N) is 2. The quantitative estimate of drug-likeness (QED) is 0.139. The molecule has 0 saturated heterocycles. The molecule has 2 aromatic carbocycles. The molecule has 9 nitrogen and oxygen atoms in total. The summed E-state index contributed by atoms with van der Waals surface area (Å²) >= 11 is 3.36. The lowest BCUT2D eigenvalue weighted by Crippen LogP contribution is -2.29. The van der Waals surface area contributed by atoms with Gasteiger partial charge in [-0.05, 0) is 69.2 Å². The lowest BCUT2D eigenvalue weighted by Gasteiger charge is -2.28. The molecule has 0 heterocycles.